The second kappa shape index (κ2) is 5.94. The van der Waals surface area contributed by atoms with Crippen molar-refractivity contribution in [2.24, 2.45) is 13.0 Å². The fraction of sp³-hybridized carbons (Fsp3) is 0.786. The SMILES string of the molecule is CC(C)CSCCc1cc(C(C)(C)C)n(C)n1. The fourth-order valence-corrected chi connectivity index (χ4v) is 2.84. The van der Waals surface area contributed by atoms with Crippen LogP contribution >= 0.6 is 11.8 Å². The quantitative estimate of drug-likeness (QED) is 0.746. The molecule has 1 heterocycles. The Balaban J connectivity index is 2.51. The molecular weight excluding hydrogens is 228 g/mol. The zero-order chi connectivity index (χ0) is 13.1. The summed E-state index contributed by atoms with van der Waals surface area (Å²) in [6.45, 7) is 11.3. The monoisotopic (exact) mass is 254 g/mol. The fourth-order valence-electron chi connectivity index (χ4n) is 1.85. The van der Waals surface area contributed by atoms with E-state index in [9.17, 15) is 0 Å². The van der Waals surface area contributed by atoms with Crippen molar-refractivity contribution in [2.75, 3.05) is 11.5 Å². The van der Waals surface area contributed by atoms with Gasteiger partial charge in [0.15, 0.2) is 0 Å². The lowest BCUT2D eigenvalue weighted by molar-refractivity contribution is 0.522. The number of aryl methyl sites for hydroxylation is 2. The lowest BCUT2D eigenvalue weighted by atomic mass is 9.92. The Bertz CT molecular complexity index is 348. The molecule has 98 valence electrons. The van der Waals surface area contributed by atoms with Crippen molar-refractivity contribution in [3.05, 3.63) is 17.5 Å². The minimum Gasteiger partial charge on any atom is -0.272 e. The van der Waals surface area contributed by atoms with E-state index in [1.165, 1.54) is 22.9 Å². The molecule has 0 fully saturated rings. The molecule has 1 aromatic rings. The van der Waals surface area contributed by atoms with Gasteiger partial charge in [0.05, 0.1) is 5.69 Å². The maximum atomic E-state index is 4.60. The largest absolute Gasteiger partial charge is 0.272 e. The molecular formula is C14H26N2S. The molecule has 2 nitrogen and oxygen atoms in total. The van der Waals surface area contributed by atoms with Crippen LogP contribution in [-0.4, -0.2) is 21.3 Å². The van der Waals surface area contributed by atoms with Crippen LogP contribution in [0.4, 0.5) is 0 Å². The van der Waals surface area contributed by atoms with E-state index in [0.29, 0.717) is 0 Å². The van der Waals surface area contributed by atoms with Gasteiger partial charge in [-0.2, -0.15) is 16.9 Å². The average molecular weight is 254 g/mol. The highest BCUT2D eigenvalue weighted by molar-refractivity contribution is 7.99. The van der Waals surface area contributed by atoms with Gasteiger partial charge >= 0.3 is 0 Å². The second-order valence-electron chi connectivity index (χ2n) is 6.11. The number of hydrogen-bond donors (Lipinski definition) is 0. The number of nitrogens with zero attached hydrogens (tertiary/aromatic N) is 2. The molecule has 17 heavy (non-hydrogen) atoms. The molecule has 0 aliphatic heterocycles. The lowest BCUT2D eigenvalue weighted by Crippen LogP contribution is -2.16. The molecule has 0 saturated carbocycles. The van der Waals surface area contributed by atoms with Crippen LogP contribution in [0.25, 0.3) is 0 Å². The molecule has 0 aliphatic carbocycles. The Morgan fingerprint density at radius 3 is 2.47 bits per heavy atom. The van der Waals surface area contributed by atoms with Crippen LogP contribution in [0.15, 0.2) is 6.07 Å². The Kier molecular flexibility index (Phi) is 5.11. The molecule has 0 spiro atoms. The van der Waals surface area contributed by atoms with Crippen LogP contribution in [0.1, 0.15) is 46.0 Å². The van der Waals surface area contributed by atoms with Gasteiger partial charge in [-0.3, -0.25) is 4.68 Å². The van der Waals surface area contributed by atoms with Gasteiger partial charge in [0, 0.05) is 24.6 Å². The Labute approximate surface area is 110 Å². The molecule has 0 atom stereocenters. The molecule has 0 N–H and O–H groups in total. The first-order valence-corrected chi connectivity index (χ1v) is 7.57. The van der Waals surface area contributed by atoms with E-state index in [1.54, 1.807) is 0 Å². The topological polar surface area (TPSA) is 17.8 Å². The molecule has 0 radical (unpaired) electrons. The predicted molar refractivity (Wildman–Crippen MR) is 77.8 cm³/mol. The predicted octanol–water partition coefficient (Wildman–Crippen LogP) is 3.65. The Morgan fingerprint density at radius 1 is 1.35 bits per heavy atom. The average Bonchev–Trinajstić information content (AvgIpc) is 2.53. The lowest BCUT2D eigenvalue weighted by Gasteiger charge is -2.17. The van der Waals surface area contributed by atoms with Crippen LogP contribution in [0.5, 0.6) is 0 Å². The zero-order valence-electron chi connectivity index (χ0n) is 12.1. The van der Waals surface area contributed by atoms with Gasteiger partial charge in [0.1, 0.15) is 0 Å². The van der Waals surface area contributed by atoms with Crippen molar-refractivity contribution in [3.63, 3.8) is 0 Å². The van der Waals surface area contributed by atoms with Gasteiger partial charge in [-0.15, -0.1) is 0 Å². The van der Waals surface area contributed by atoms with Gasteiger partial charge in [-0.05, 0) is 23.5 Å². The van der Waals surface area contributed by atoms with Crippen LogP contribution in [0.3, 0.4) is 0 Å². The van der Waals surface area contributed by atoms with Gasteiger partial charge < -0.3 is 0 Å². The van der Waals surface area contributed by atoms with Crippen LogP contribution in [0.2, 0.25) is 0 Å². The van der Waals surface area contributed by atoms with E-state index >= 15 is 0 Å². The molecule has 0 saturated heterocycles. The van der Waals surface area contributed by atoms with Gasteiger partial charge in [-0.25, -0.2) is 0 Å². The number of rotatable bonds is 5. The van der Waals surface area contributed by atoms with E-state index in [2.05, 4.69) is 45.8 Å². The van der Waals surface area contributed by atoms with Crippen LogP contribution < -0.4 is 0 Å². The molecule has 0 unspecified atom stereocenters. The van der Waals surface area contributed by atoms with Crippen molar-refractivity contribution in [2.45, 2.75) is 46.5 Å². The first-order chi connectivity index (χ1) is 7.80. The molecule has 0 amide bonds. The highest BCUT2D eigenvalue weighted by Crippen LogP contribution is 2.22. The summed E-state index contributed by atoms with van der Waals surface area (Å²) in [5, 5.41) is 4.60. The molecule has 1 aromatic heterocycles. The summed E-state index contributed by atoms with van der Waals surface area (Å²) >= 11 is 2.03. The van der Waals surface area contributed by atoms with Crippen LogP contribution in [-0.2, 0) is 18.9 Å². The second-order valence-corrected chi connectivity index (χ2v) is 7.26. The molecule has 3 heteroatoms. The van der Waals surface area contributed by atoms with Crippen molar-refractivity contribution in [3.8, 4) is 0 Å². The van der Waals surface area contributed by atoms with Crippen molar-refractivity contribution in [1.29, 1.82) is 0 Å². The highest BCUT2D eigenvalue weighted by Gasteiger charge is 2.19. The number of aromatic nitrogens is 2. The van der Waals surface area contributed by atoms with E-state index in [4.69, 9.17) is 0 Å². The maximum Gasteiger partial charge on any atom is 0.0635 e. The minimum atomic E-state index is 0.186. The minimum absolute atomic E-state index is 0.186. The van der Waals surface area contributed by atoms with Crippen molar-refractivity contribution in [1.82, 2.24) is 9.78 Å². The van der Waals surface area contributed by atoms with Gasteiger partial charge in [0.25, 0.3) is 0 Å². The van der Waals surface area contributed by atoms with Gasteiger partial charge in [-0.1, -0.05) is 34.6 Å². The summed E-state index contributed by atoms with van der Waals surface area (Å²) < 4.78 is 2.03. The Morgan fingerprint density at radius 2 is 2.00 bits per heavy atom. The van der Waals surface area contributed by atoms with E-state index in [0.717, 1.165) is 12.3 Å². The van der Waals surface area contributed by atoms with E-state index in [1.807, 2.05) is 23.5 Å². The first kappa shape index (κ1) is 14.6. The smallest absolute Gasteiger partial charge is 0.0635 e. The summed E-state index contributed by atoms with van der Waals surface area (Å²) in [6.07, 6.45) is 1.08. The van der Waals surface area contributed by atoms with Crippen molar-refractivity contribution >= 4 is 11.8 Å². The molecule has 0 aliphatic rings. The third-order valence-electron chi connectivity index (χ3n) is 2.65. The van der Waals surface area contributed by atoms with E-state index < -0.39 is 0 Å². The third kappa shape index (κ3) is 4.74. The summed E-state index contributed by atoms with van der Waals surface area (Å²) in [5.41, 5.74) is 2.74. The van der Waals surface area contributed by atoms with Gasteiger partial charge in [0.2, 0.25) is 0 Å². The first-order valence-electron chi connectivity index (χ1n) is 6.42. The molecule has 0 aromatic carbocycles. The normalized spacial score (nSPS) is 12.4. The standard InChI is InChI=1S/C14H26N2S/c1-11(2)10-17-8-7-12-9-13(14(3,4)5)16(6)15-12/h9,11H,7-8,10H2,1-6H3. The Hall–Kier alpha value is -0.440. The summed E-state index contributed by atoms with van der Waals surface area (Å²) in [7, 11) is 2.05. The maximum absolute atomic E-state index is 4.60. The highest BCUT2D eigenvalue weighted by atomic mass is 32.2. The summed E-state index contributed by atoms with van der Waals surface area (Å²) in [4.78, 5) is 0. The van der Waals surface area contributed by atoms with E-state index in [-0.39, 0.29) is 5.41 Å². The van der Waals surface area contributed by atoms with Crippen LogP contribution in [0, 0.1) is 5.92 Å². The third-order valence-corrected chi connectivity index (χ3v) is 4.05. The summed E-state index contributed by atoms with van der Waals surface area (Å²) in [5.74, 6) is 3.21. The van der Waals surface area contributed by atoms with Crippen molar-refractivity contribution < 1.29 is 0 Å². The number of thioether (sulfide) groups is 1. The summed E-state index contributed by atoms with van der Waals surface area (Å²) in [6, 6.07) is 2.26. The number of hydrogen-bond acceptors (Lipinski definition) is 2. The zero-order valence-corrected chi connectivity index (χ0v) is 12.9. The molecule has 0 bridgehead atoms. The molecule has 1 rings (SSSR count).